The van der Waals surface area contributed by atoms with Crippen molar-refractivity contribution in [2.75, 3.05) is 13.2 Å². The van der Waals surface area contributed by atoms with Crippen LogP contribution in [0.3, 0.4) is 0 Å². The summed E-state index contributed by atoms with van der Waals surface area (Å²) in [5, 5.41) is 23.9. The third-order valence-electron chi connectivity index (χ3n) is 6.63. The molecular formula is C27H24ClN5O5. The predicted molar refractivity (Wildman–Crippen MR) is 142 cm³/mol. The highest BCUT2D eigenvalue weighted by molar-refractivity contribution is 6.34. The van der Waals surface area contributed by atoms with Crippen molar-refractivity contribution < 1.29 is 19.7 Å². The van der Waals surface area contributed by atoms with E-state index in [1.807, 2.05) is 60.7 Å². The zero-order chi connectivity index (χ0) is 26.2. The highest BCUT2D eigenvalue weighted by Crippen LogP contribution is 2.34. The number of aliphatic hydroxyl groups is 2. The van der Waals surface area contributed by atoms with Crippen molar-refractivity contribution in [2.24, 2.45) is 0 Å². The molecule has 3 atom stereocenters. The largest absolute Gasteiger partial charge is 0.459 e. The summed E-state index contributed by atoms with van der Waals surface area (Å²) in [5.74, 6) is 0. The van der Waals surface area contributed by atoms with Crippen molar-refractivity contribution in [3.63, 3.8) is 0 Å². The zero-order valence-electron chi connectivity index (χ0n) is 20.0. The van der Waals surface area contributed by atoms with Gasteiger partial charge in [-0.2, -0.15) is 14.8 Å². The monoisotopic (exact) mass is 533 g/mol. The van der Waals surface area contributed by atoms with Gasteiger partial charge >= 0.3 is 5.69 Å². The number of benzene rings is 3. The van der Waals surface area contributed by atoms with E-state index in [4.69, 9.17) is 21.1 Å². The first-order valence-corrected chi connectivity index (χ1v) is 12.5. The fourth-order valence-electron chi connectivity index (χ4n) is 4.61. The van der Waals surface area contributed by atoms with Gasteiger partial charge in [-0.25, -0.2) is 4.79 Å². The number of aliphatic hydroxyl groups excluding tert-OH is 2. The Morgan fingerprint density at radius 3 is 2.45 bits per heavy atom. The van der Waals surface area contributed by atoms with Gasteiger partial charge in [-0.05, 0) is 41.0 Å². The summed E-state index contributed by atoms with van der Waals surface area (Å²) < 4.78 is 12.7. The van der Waals surface area contributed by atoms with E-state index in [0.29, 0.717) is 28.7 Å². The molecule has 38 heavy (non-hydrogen) atoms. The Labute approximate surface area is 221 Å². The van der Waals surface area contributed by atoms with Crippen molar-refractivity contribution in [1.82, 2.24) is 24.7 Å². The Bertz CT molecular complexity index is 1630. The molecule has 3 heterocycles. The van der Waals surface area contributed by atoms with Crippen LogP contribution >= 0.6 is 11.6 Å². The van der Waals surface area contributed by atoms with Crippen molar-refractivity contribution in [2.45, 2.75) is 24.7 Å². The third-order valence-corrected chi connectivity index (χ3v) is 6.94. The number of hydrogen-bond acceptors (Lipinski definition) is 7. The van der Waals surface area contributed by atoms with Crippen LogP contribution in [0.5, 0.6) is 6.01 Å². The van der Waals surface area contributed by atoms with Crippen LogP contribution in [-0.4, -0.2) is 66.5 Å². The maximum Gasteiger partial charge on any atom is 0.347 e. The molecule has 3 aromatic carbocycles. The standard InChI is InChI=1S/C27H24ClN5O5/c28-21-11-23-22(31-26(32-23)38-19-9-24(35)25(12-34)37-13-19)10-20(21)17-3-1-15(2-4-17)16-5-7-18(8-6-16)33-27(36)29-14-30-33/h1-8,10-11,14,19,24-25,34-35H,9,12-13H2,(H,31,32)(H,29,30,36)/t19-,24+,25-/m1/s1. The minimum Gasteiger partial charge on any atom is -0.459 e. The number of imidazole rings is 1. The molecule has 194 valence electrons. The van der Waals surface area contributed by atoms with Crippen LogP contribution in [0.1, 0.15) is 6.42 Å². The van der Waals surface area contributed by atoms with E-state index in [2.05, 4.69) is 20.1 Å². The first-order valence-electron chi connectivity index (χ1n) is 12.1. The van der Waals surface area contributed by atoms with E-state index in [1.165, 1.54) is 11.0 Å². The van der Waals surface area contributed by atoms with E-state index in [0.717, 1.165) is 27.8 Å². The molecule has 0 aliphatic carbocycles. The second-order valence-electron chi connectivity index (χ2n) is 9.12. The smallest absolute Gasteiger partial charge is 0.347 e. The second-order valence-corrected chi connectivity index (χ2v) is 9.53. The lowest BCUT2D eigenvalue weighted by Gasteiger charge is -2.31. The molecule has 0 bridgehead atoms. The molecule has 0 radical (unpaired) electrons. The number of nitrogens with one attached hydrogen (secondary N) is 2. The number of aromatic nitrogens is 5. The van der Waals surface area contributed by atoms with Gasteiger partial charge < -0.3 is 24.7 Å². The minimum absolute atomic E-state index is 0.235. The molecule has 5 aromatic rings. The Balaban J connectivity index is 1.20. The molecule has 1 fully saturated rings. The highest BCUT2D eigenvalue weighted by Gasteiger charge is 2.31. The van der Waals surface area contributed by atoms with Gasteiger partial charge in [0, 0.05) is 12.0 Å². The van der Waals surface area contributed by atoms with E-state index in [1.54, 1.807) is 0 Å². The summed E-state index contributed by atoms with van der Waals surface area (Å²) in [5.41, 5.74) is 5.60. The lowest BCUT2D eigenvalue weighted by molar-refractivity contribution is -0.131. The molecule has 1 aliphatic rings. The van der Waals surface area contributed by atoms with E-state index in [-0.39, 0.29) is 25.0 Å². The summed E-state index contributed by atoms with van der Waals surface area (Å²) >= 11 is 6.62. The molecule has 1 saturated heterocycles. The van der Waals surface area contributed by atoms with Crippen molar-refractivity contribution in [3.8, 4) is 34.0 Å². The molecule has 0 unspecified atom stereocenters. The number of ether oxygens (including phenoxy) is 2. The number of hydrogen-bond donors (Lipinski definition) is 4. The van der Waals surface area contributed by atoms with Crippen molar-refractivity contribution in [1.29, 1.82) is 0 Å². The van der Waals surface area contributed by atoms with Gasteiger partial charge in [0.1, 0.15) is 18.5 Å². The van der Waals surface area contributed by atoms with Gasteiger partial charge in [-0.15, -0.1) is 0 Å². The summed E-state index contributed by atoms with van der Waals surface area (Å²) in [7, 11) is 0. The highest BCUT2D eigenvalue weighted by atomic mass is 35.5. The number of nitrogens with zero attached hydrogens (tertiary/aromatic N) is 3. The van der Waals surface area contributed by atoms with Crippen LogP contribution in [-0.2, 0) is 4.74 Å². The number of aromatic amines is 2. The van der Waals surface area contributed by atoms with Gasteiger partial charge in [0.2, 0.25) is 0 Å². The second kappa shape index (κ2) is 10.1. The lowest BCUT2D eigenvalue weighted by Crippen LogP contribution is -2.45. The fourth-order valence-corrected chi connectivity index (χ4v) is 4.88. The number of halogens is 1. The number of H-pyrrole nitrogens is 2. The summed E-state index contributed by atoms with van der Waals surface area (Å²) in [6.07, 6.45) is -0.0780. The van der Waals surface area contributed by atoms with Crippen LogP contribution in [0, 0.1) is 0 Å². The molecule has 11 heteroatoms. The topological polar surface area (TPSA) is 138 Å². The average Bonchev–Trinajstić information content (AvgIpc) is 3.53. The molecule has 4 N–H and O–H groups in total. The maximum atomic E-state index is 11.8. The molecule has 0 amide bonds. The summed E-state index contributed by atoms with van der Waals surface area (Å²) in [6, 6.07) is 19.6. The average molecular weight is 534 g/mol. The first kappa shape index (κ1) is 24.4. The molecular weight excluding hydrogens is 510 g/mol. The van der Waals surface area contributed by atoms with Crippen molar-refractivity contribution in [3.05, 3.63) is 82.5 Å². The van der Waals surface area contributed by atoms with Crippen LogP contribution in [0.2, 0.25) is 5.02 Å². The van der Waals surface area contributed by atoms with Gasteiger partial charge in [-0.1, -0.05) is 48.0 Å². The first-order chi connectivity index (χ1) is 18.5. The molecule has 0 spiro atoms. The lowest BCUT2D eigenvalue weighted by atomic mass is 10.00. The Kier molecular flexibility index (Phi) is 6.46. The predicted octanol–water partition coefficient (Wildman–Crippen LogP) is 3.31. The Morgan fingerprint density at radius 1 is 1.08 bits per heavy atom. The van der Waals surface area contributed by atoms with E-state index in [9.17, 15) is 15.0 Å². The Morgan fingerprint density at radius 2 is 1.79 bits per heavy atom. The quantitative estimate of drug-likeness (QED) is 0.263. The van der Waals surface area contributed by atoms with Crippen molar-refractivity contribution >= 4 is 22.6 Å². The van der Waals surface area contributed by atoms with Crippen LogP contribution in [0.25, 0.3) is 39.0 Å². The zero-order valence-corrected chi connectivity index (χ0v) is 20.8. The third kappa shape index (κ3) is 4.70. The van der Waals surface area contributed by atoms with Gasteiger partial charge in [0.05, 0.1) is 41.1 Å². The summed E-state index contributed by atoms with van der Waals surface area (Å²) in [6.45, 7) is 0.0172. The van der Waals surface area contributed by atoms with Gasteiger partial charge in [-0.3, -0.25) is 4.98 Å². The number of fused-ring (bicyclic) bond motifs is 1. The SMILES string of the molecule is O=c1[nH]cnn1-c1ccc(-c2ccc(-c3cc4nc(O[C@H]5CO[C@H](CO)[C@@H](O)C5)[nH]c4cc3Cl)cc2)cc1. The van der Waals surface area contributed by atoms with E-state index >= 15 is 0 Å². The molecule has 10 nitrogen and oxygen atoms in total. The number of rotatable bonds is 6. The Hall–Kier alpha value is -3.96. The van der Waals surface area contributed by atoms with E-state index < -0.39 is 12.2 Å². The molecule has 2 aromatic heterocycles. The maximum absolute atomic E-state index is 11.8. The summed E-state index contributed by atoms with van der Waals surface area (Å²) in [4.78, 5) is 22.0. The van der Waals surface area contributed by atoms with Crippen LogP contribution in [0.4, 0.5) is 0 Å². The van der Waals surface area contributed by atoms with Gasteiger partial charge in [0.15, 0.2) is 0 Å². The molecule has 0 saturated carbocycles. The molecule has 6 rings (SSSR count). The van der Waals surface area contributed by atoms with Gasteiger partial charge in [0.25, 0.3) is 6.01 Å². The molecule has 1 aliphatic heterocycles. The minimum atomic E-state index is -0.800. The van der Waals surface area contributed by atoms with Crippen LogP contribution < -0.4 is 10.4 Å². The van der Waals surface area contributed by atoms with Crippen LogP contribution in [0.15, 0.2) is 71.8 Å². The fraction of sp³-hybridized carbons (Fsp3) is 0.222. The normalized spacial score (nSPS) is 19.6.